The number of carboxylic acids is 1. The van der Waals surface area contributed by atoms with Gasteiger partial charge in [-0.25, -0.2) is 13.2 Å². The Hall–Kier alpha value is -3.77. The molecule has 2 fully saturated rings. The summed E-state index contributed by atoms with van der Waals surface area (Å²) in [7, 11) is -4.23. The van der Waals surface area contributed by atoms with Gasteiger partial charge in [0.15, 0.2) is 0 Å². The number of carboxylic acid groups (broad SMARTS) is 1. The van der Waals surface area contributed by atoms with E-state index in [2.05, 4.69) is 5.32 Å². The Morgan fingerprint density at radius 1 is 1.13 bits per heavy atom. The number of amides is 3. The van der Waals surface area contributed by atoms with Gasteiger partial charge in [0.05, 0.1) is 4.90 Å². The molecule has 1 aliphatic heterocycles. The van der Waals surface area contributed by atoms with Crippen LogP contribution in [0.15, 0.2) is 59.5 Å². The molecule has 0 aromatic heterocycles. The van der Waals surface area contributed by atoms with Crippen LogP contribution in [0.1, 0.15) is 44.1 Å². The van der Waals surface area contributed by atoms with Crippen LogP contribution >= 0.6 is 0 Å². The first-order chi connectivity index (χ1) is 18.0. The maximum atomic E-state index is 14.0. The Morgan fingerprint density at radius 3 is 2.47 bits per heavy atom. The molecule has 1 aliphatic carbocycles. The largest absolute Gasteiger partial charge is 0.480 e. The fourth-order valence-electron chi connectivity index (χ4n) is 5.13. The van der Waals surface area contributed by atoms with E-state index in [1.165, 1.54) is 22.5 Å². The average Bonchev–Trinajstić information content (AvgIpc) is 3.62. The molecule has 2 aliphatic rings. The van der Waals surface area contributed by atoms with Crippen LogP contribution in [-0.4, -0.2) is 71.1 Å². The summed E-state index contributed by atoms with van der Waals surface area (Å²) in [6.07, 6.45) is -0.00163. The Balaban J connectivity index is 1.73. The fraction of sp³-hybridized carbons (Fsp3) is 0.385. The van der Waals surface area contributed by atoms with Gasteiger partial charge in [-0.3, -0.25) is 14.4 Å². The molecule has 11 nitrogen and oxygen atoms in total. The monoisotopic (exact) mass is 542 g/mol. The first-order valence-electron chi connectivity index (χ1n) is 12.3. The first kappa shape index (κ1) is 27.3. The number of aliphatic carboxylic acids is 1. The Morgan fingerprint density at radius 2 is 1.84 bits per heavy atom. The number of nitrogens with one attached hydrogen (secondary N) is 1. The molecule has 202 valence electrons. The van der Waals surface area contributed by atoms with Gasteiger partial charge in [0, 0.05) is 37.5 Å². The third-order valence-electron chi connectivity index (χ3n) is 7.11. The highest BCUT2D eigenvalue weighted by molar-refractivity contribution is 7.89. The number of primary amides is 1. The molecule has 0 bridgehead atoms. The van der Waals surface area contributed by atoms with Gasteiger partial charge in [-0.05, 0) is 36.6 Å². The van der Waals surface area contributed by atoms with Crippen molar-refractivity contribution in [3.8, 4) is 0 Å². The van der Waals surface area contributed by atoms with E-state index in [1.54, 1.807) is 37.3 Å². The number of hydrogen-bond acceptors (Lipinski definition) is 6. The van der Waals surface area contributed by atoms with Crippen LogP contribution in [0.3, 0.4) is 0 Å². The van der Waals surface area contributed by atoms with Crippen molar-refractivity contribution in [1.82, 2.24) is 9.21 Å². The number of nitrogens with zero attached hydrogens (tertiary/aromatic N) is 2. The van der Waals surface area contributed by atoms with Crippen LogP contribution in [0.5, 0.6) is 0 Å². The van der Waals surface area contributed by atoms with Crippen molar-refractivity contribution in [3.05, 3.63) is 60.2 Å². The lowest BCUT2D eigenvalue weighted by Gasteiger charge is -2.43. The van der Waals surface area contributed by atoms with Crippen LogP contribution < -0.4 is 11.1 Å². The average molecular weight is 543 g/mol. The number of carbonyl (C=O) groups is 4. The summed E-state index contributed by atoms with van der Waals surface area (Å²) < 4.78 is 29.1. The van der Waals surface area contributed by atoms with E-state index >= 15 is 0 Å². The second kappa shape index (κ2) is 10.5. The lowest BCUT2D eigenvalue weighted by atomic mass is 10.0. The Kier molecular flexibility index (Phi) is 7.56. The van der Waals surface area contributed by atoms with E-state index in [-0.39, 0.29) is 49.6 Å². The van der Waals surface area contributed by atoms with Gasteiger partial charge < -0.3 is 21.1 Å². The van der Waals surface area contributed by atoms with Crippen LogP contribution in [0, 0.1) is 0 Å². The van der Waals surface area contributed by atoms with E-state index in [4.69, 9.17) is 5.73 Å². The molecule has 1 heterocycles. The van der Waals surface area contributed by atoms with Gasteiger partial charge in [-0.15, -0.1) is 0 Å². The quantitative estimate of drug-likeness (QED) is 0.409. The number of anilines is 1. The second-order valence-corrected chi connectivity index (χ2v) is 11.3. The molecule has 0 radical (unpaired) electrons. The van der Waals surface area contributed by atoms with Crippen LogP contribution in [-0.2, 0) is 29.2 Å². The SMILES string of the molecule is CCC(=O)Nc1cccc(S(=O)(=O)N2CCN([C@@H](CCC(N)=O)C(=O)O)C(=O)C23C[C@H]3c2ccccc2)c1. The summed E-state index contributed by atoms with van der Waals surface area (Å²) in [5.41, 5.74) is 4.77. The fourth-order valence-corrected chi connectivity index (χ4v) is 6.94. The van der Waals surface area contributed by atoms with Crippen molar-refractivity contribution in [2.45, 2.75) is 55.0 Å². The summed E-state index contributed by atoms with van der Waals surface area (Å²) in [4.78, 5) is 50.3. The van der Waals surface area contributed by atoms with Crippen molar-refractivity contribution >= 4 is 39.4 Å². The minimum absolute atomic E-state index is 0.0887. The Labute approximate surface area is 220 Å². The van der Waals surface area contributed by atoms with Gasteiger partial charge in [0.25, 0.3) is 0 Å². The third kappa shape index (κ3) is 5.01. The standard InChI is InChI=1S/C26H30N4O7S/c1-2-23(32)28-18-9-6-10-19(15-18)38(36,37)30-14-13-29(21(24(33)34)11-12-22(27)31)25(35)26(30)16-20(26)17-7-4-3-5-8-17/h3-10,15,20-21H,2,11-14,16H2,1H3,(H2,27,31)(H,28,32)(H,33,34)/t20-,21-,26?/m0/s1. The number of benzene rings is 2. The molecule has 12 heteroatoms. The van der Waals surface area contributed by atoms with Crippen LogP contribution in [0.2, 0.25) is 0 Å². The number of sulfonamides is 1. The molecule has 1 unspecified atom stereocenters. The van der Waals surface area contributed by atoms with Gasteiger partial charge in [0.2, 0.25) is 27.7 Å². The maximum Gasteiger partial charge on any atom is 0.326 e. The van der Waals surface area contributed by atoms with E-state index in [0.717, 1.165) is 10.5 Å². The molecular formula is C26H30N4O7S. The first-order valence-corrected chi connectivity index (χ1v) is 13.8. The summed E-state index contributed by atoms with van der Waals surface area (Å²) in [5.74, 6) is -3.36. The van der Waals surface area contributed by atoms with E-state index in [0.29, 0.717) is 5.69 Å². The predicted octanol–water partition coefficient (Wildman–Crippen LogP) is 1.51. The Bertz CT molecular complexity index is 1360. The summed E-state index contributed by atoms with van der Waals surface area (Å²) in [6.45, 7) is 1.38. The molecule has 3 amide bonds. The number of hydrogen-bond donors (Lipinski definition) is 3. The van der Waals surface area contributed by atoms with Crippen molar-refractivity contribution in [2.24, 2.45) is 5.73 Å². The van der Waals surface area contributed by atoms with Gasteiger partial charge >= 0.3 is 5.97 Å². The molecule has 2 aromatic rings. The topological polar surface area (TPSA) is 167 Å². The van der Waals surface area contributed by atoms with Gasteiger partial charge in [-0.1, -0.05) is 43.3 Å². The lowest BCUT2D eigenvalue weighted by molar-refractivity contribution is -0.156. The van der Waals surface area contributed by atoms with E-state index in [9.17, 15) is 32.7 Å². The normalized spacial score (nSPS) is 22.2. The third-order valence-corrected chi connectivity index (χ3v) is 9.04. The highest BCUT2D eigenvalue weighted by atomic mass is 32.2. The summed E-state index contributed by atoms with van der Waals surface area (Å²) in [6, 6.07) is 13.5. The number of carbonyl (C=O) groups excluding carboxylic acids is 3. The number of piperazine rings is 1. The van der Waals surface area contributed by atoms with Crippen LogP contribution in [0.25, 0.3) is 0 Å². The molecule has 4 rings (SSSR count). The molecular weight excluding hydrogens is 512 g/mol. The minimum Gasteiger partial charge on any atom is -0.480 e. The molecule has 38 heavy (non-hydrogen) atoms. The molecule has 3 atom stereocenters. The zero-order chi connectivity index (χ0) is 27.7. The van der Waals surface area contributed by atoms with E-state index < -0.39 is 45.3 Å². The number of nitrogens with two attached hydrogens (primary N) is 1. The van der Waals surface area contributed by atoms with Crippen molar-refractivity contribution in [1.29, 1.82) is 0 Å². The molecule has 1 saturated heterocycles. The van der Waals surface area contributed by atoms with Gasteiger partial charge in [-0.2, -0.15) is 4.31 Å². The molecule has 2 aromatic carbocycles. The highest BCUT2D eigenvalue weighted by Gasteiger charge is 2.70. The summed E-state index contributed by atoms with van der Waals surface area (Å²) in [5, 5.41) is 12.5. The smallest absolute Gasteiger partial charge is 0.326 e. The minimum atomic E-state index is -4.23. The predicted molar refractivity (Wildman–Crippen MR) is 137 cm³/mol. The van der Waals surface area contributed by atoms with Gasteiger partial charge in [0.1, 0.15) is 11.6 Å². The summed E-state index contributed by atoms with van der Waals surface area (Å²) >= 11 is 0. The van der Waals surface area contributed by atoms with Crippen molar-refractivity contribution < 1.29 is 32.7 Å². The van der Waals surface area contributed by atoms with Crippen molar-refractivity contribution in [3.63, 3.8) is 0 Å². The highest BCUT2D eigenvalue weighted by Crippen LogP contribution is 2.59. The molecule has 1 spiro atoms. The lowest BCUT2D eigenvalue weighted by Crippen LogP contribution is -2.64. The van der Waals surface area contributed by atoms with E-state index in [1.807, 2.05) is 6.07 Å². The second-order valence-electron chi connectivity index (χ2n) is 9.46. The van der Waals surface area contributed by atoms with Crippen molar-refractivity contribution in [2.75, 3.05) is 18.4 Å². The molecule has 4 N–H and O–H groups in total. The zero-order valence-corrected chi connectivity index (χ0v) is 21.7. The zero-order valence-electron chi connectivity index (χ0n) is 20.9. The number of rotatable bonds is 10. The maximum absolute atomic E-state index is 14.0. The molecule has 1 saturated carbocycles. The van der Waals surface area contributed by atoms with Crippen LogP contribution in [0.4, 0.5) is 5.69 Å².